The van der Waals surface area contributed by atoms with E-state index in [0.29, 0.717) is 11.4 Å². The minimum absolute atomic E-state index is 0.0915. The number of phenolic OH excluding ortho intramolecular Hbond substituents is 1. The lowest BCUT2D eigenvalue weighted by Crippen LogP contribution is -2.15. The maximum atomic E-state index is 12.6. The van der Waals surface area contributed by atoms with E-state index in [2.05, 4.69) is 5.32 Å². The molecular formula is C18H13ClF3NO3. The van der Waals surface area contributed by atoms with Gasteiger partial charge in [0.15, 0.2) is 0 Å². The third kappa shape index (κ3) is 3.77. The van der Waals surface area contributed by atoms with Gasteiger partial charge in [0.1, 0.15) is 11.5 Å². The Labute approximate surface area is 151 Å². The third-order valence-electron chi connectivity index (χ3n) is 3.82. The molecule has 0 bridgehead atoms. The number of carbonyl (C=O) groups excluding carboxylic acids is 1. The van der Waals surface area contributed by atoms with Gasteiger partial charge < -0.3 is 15.2 Å². The smallest absolute Gasteiger partial charge is 0.416 e. The molecule has 136 valence electrons. The highest BCUT2D eigenvalue weighted by Gasteiger charge is 2.30. The number of rotatable bonds is 3. The van der Waals surface area contributed by atoms with Gasteiger partial charge in [0.2, 0.25) is 0 Å². The van der Waals surface area contributed by atoms with Gasteiger partial charge in [-0.05, 0) is 42.5 Å². The molecule has 0 atom stereocenters. The van der Waals surface area contributed by atoms with Crippen LogP contribution in [-0.4, -0.2) is 17.6 Å². The Bertz CT molecular complexity index is 876. The summed E-state index contributed by atoms with van der Waals surface area (Å²) in [6.45, 7) is 0.247. The van der Waals surface area contributed by atoms with E-state index >= 15 is 0 Å². The molecule has 1 aliphatic heterocycles. The molecule has 1 heterocycles. The average molecular weight is 384 g/mol. The van der Waals surface area contributed by atoms with Gasteiger partial charge >= 0.3 is 6.18 Å². The first-order valence-electron chi connectivity index (χ1n) is 7.59. The molecule has 0 aliphatic carbocycles. The molecule has 2 aromatic carbocycles. The van der Waals surface area contributed by atoms with E-state index in [0.717, 1.165) is 12.1 Å². The maximum Gasteiger partial charge on any atom is 0.416 e. The minimum atomic E-state index is -4.44. The summed E-state index contributed by atoms with van der Waals surface area (Å²) in [6.07, 6.45) is -4.14. The number of anilines is 1. The summed E-state index contributed by atoms with van der Waals surface area (Å²) in [5.74, 6) is -0.405. The molecule has 0 unspecified atom stereocenters. The van der Waals surface area contributed by atoms with Crippen molar-refractivity contribution >= 4 is 29.0 Å². The van der Waals surface area contributed by atoms with E-state index in [1.54, 1.807) is 0 Å². The standard InChI is InChI=1S/C18H13ClF3NO3/c19-11-3-6-15(24)14(9-11)16-13(7-8-26-16)17(25)23-12-4-1-10(2-5-12)18(20,21)22/h1-6,9,24H,7-8H2,(H,23,25). The number of nitrogens with one attached hydrogen (secondary N) is 1. The summed E-state index contributed by atoms with van der Waals surface area (Å²) in [4.78, 5) is 12.5. The van der Waals surface area contributed by atoms with Crippen LogP contribution in [0.2, 0.25) is 5.02 Å². The van der Waals surface area contributed by atoms with Gasteiger partial charge in [-0.15, -0.1) is 0 Å². The first kappa shape index (κ1) is 18.1. The molecule has 0 saturated heterocycles. The first-order valence-corrected chi connectivity index (χ1v) is 7.97. The molecule has 3 rings (SSSR count). The summed E-state index contributed by atoms with van der Waals surface area (Å²) >= 11 is 5.92. The van der Waals surface area contributed by atoms with Crippen LogP contribution >= 0.6 is 11.6 Å². The Kier molecular flexibility index (Phi) is 4.82. The predicted octanol–water partition coefficient (Wildman–Crippen LogP) is 4.83. The van der Waals surface area contributed by atoms with Crippen LogP contribution in [0, 0.1) is 0 Å². The second-order valence-corrected chi connectivity index (χ2v) is 6.03. The lowest BCUT2D eigenvalue weighted by molar-refractivity contribution is -0.137. The molecule has 4 nitrogen and oxygen atoms in total. The van der Waals surface area contributed by atoms with Gasteiger partial charge in [0.05, 0.1) is 23.3 Å². The number of alkyl halides is 3. The second-order valence-electron chi connectivity index (χ2n) is 5.60. The zero-order valence-electron chi connectivity index (χ0n) is 13.2. The first-order chi connectivity index (χ1) is 12.3. The fourth-order valence-electron chi connectivity index (χ4n) is 2.55. The molecule has 0 fully saturated rings. The highest BCUT2D eigenvalue weighted by atomic mass is 35.5. The van der Waals surface area contributed by atoms with Crippen molar-refractivity contribution in [2.75, 3.05) is 11.9 Å². The Balaban J connectivity index is 1.85. The fraction of sp³-hybridized carbons (Fsp3) is 0.167. The zero-order chi connectivity index (χ0) is 18.9. The second kappa shape index (κ2) is 6.92. The molecule has 1 amide bonds. The minimum Gasteiger partial charge on any atom is -0.507 e. The number of benzene rings is 2. The molecule has 2 aromatic rings. The van der Waals surface area contributed by atoms with Crippen molar-refractivity contribution in [1.82, 2.24) is 0 Å². The third-order valence-corrected chi connectivity index (χ3v) is 4.06. The Hall–Kier alpha value is -2.67. The molecule has 8 heteroatoms. The maximum absolute atomic E-state index is 12.6. The molecule has 0 spiro atoms. The van der Waals surface area contributed by atoms with Crippen molar-refractivity contribution in [2.45, 2.75) is 12.6 Å². The van der Waals surface area contributed by atoms with Crippen LogP contribution in [-0.2, 0) is 15.7 Å². The number of phenols is 1. The highest BCUT2D eigenvalue weighted by molar-refractivity contribution is 6.30. The van der Waals surface area contributed by atoms with Crippen molar-refractivity contribution in [1.29, 1.82) is 0 Å². The molecular weight excluding hydrogens is 371 g/mol. The summed E-state index contributed by atoms with van der Waals surface area (Å²) in [5.41, 5.74) is -0.0180. The van der Waals surface area contributed by atoms with Crippen molar-refractivity contribution in [3.8, 4) is 5.75 Å². The SMILES string of the molecule is O=C(Nc1ccc(C(F)(F)F)cc1)C1=C(c2cc(Cl)ccc2O)OCC1. The monoisotopic (exact) mass is 383 g/mol. The average Bonchev–Trinajstić information content (AvgIpc) is 3.06. The quantitative estimate of drug-likeness (QED) is 0.797. The van der Waals surface area contributed by atoms with Gasteiger partial charge in [-0.1, -0.05) is 11.6 Å². The van der Waals surface area contributed by atoms with E-state index in [1.165, 1.54) is 30.3 Å². The Morgan fingerprint density at radius 3 is 2.50 bits per heavy atom. The van der Waals surface area contributed by atoms with Gasteiger partial charge in [-0.25, -0.2) is 0 Å². The predicted molar refractivity (Wildman–Crippen MR) is 90.7 cm³/mol. The number of aromatic hydroxyl groups is 1. The number of halogens is 4. The van der Waals surface area contributed by atoms with Crippen LogP contribution in [0.5, 0.6) is 5.75 Å². The van der Waals surface area contributed by atoms with E-state index in [1.807, 2.05) is 0 Å². The molecule has 0 aromatic heterocycles. The molecule has 0 saturated carbocycles. The fourth-order valence-corrected chi connectivity index (χ4v) is 2.72. The number of hydrogen-bond donors (Lipinski definition) is 2. The van der Waals surface area contributed by atoms with Crippen LogP contribution in [0.1, 0.15) is 17.5 Å². The molecule has 2 N–H and O–H groups in total. The molecule has 0 radical (unpaired) electrons. The van der Waals surface area contributed by atoms with E-state index < -0.39 is 17.6 Å². The van der Waals surface area contributed by atoms with Crippen molar-refractivity contribution < 1.29 is 27.8 Å². The summed E-state index contributed by atoms with van der Waals surface area (Å²) < 4.78 is 43.2. The van der Waals surface area contributed by atoms with Gasteiger partial charge in [-0.2, -0.15) is 13.2 Å². The lowest BCUT2D eigenvalue weighted by Gasteiger charge is -2.11. The number of hydrogen-bond acceptors (Lipinski definition) is 3. The van der Waals surface area contributed by atoms with E-state index in [-0.39, 0.29) is 34.9 Å². The Morgan fingerprint density at radius 1 is 1.15 bits per heavy atom. The normalized spacial score (nSPS) is 14.3. The lowest BCUT2D eigenvalue weighted by atomic mass is 10.1. The van der Waals surface area contributed by atoms with Crippen molar-refractivity contribution in [3.63, 3.8) is 0 Å². The van der Waals surface area contributed by atoms with Crippen LogP contribution in [0.25, 0.3) is 5.76 Å². The van der Waals surface area contributed by atoms with E-state index in [9.17, 15) is 23.1 Å². The van der Waals surface area contributed by atoms with Crippen LogP contribution in [0.3, 0.4) is 0 Å². The van der Waals surface area contributed by atoms with Crippen molar-refractivity contribution in [2.24, 2.45) is 0 Å². The number of carbonyl (C=O) groups is 1. The van der Waals surface area contributed by atoms with Gasteiger partial charge in [0, 0.05) is 17.1 Å². The van der Waals surface area contributed by atoms with Crippen LogP contribution in [0.15, 0.2) is 48.0 Å². The topological polar surface area (TPSA) is 58.6 Å². The summed E-state index contributed by atoms with van der Waals surface area (Å²) in [6, 6.07) is 8.48. The van der Waals surface area contributed by atoms with Gasteiger partial charge in [0.25, 0.3) is 5.91 Å². The van der Waals surface area contributed by atoms with Crippen LogP contribution < -0.4 is 5.32 Å². The van der Waals surface area contributed by atoms with E-state index in [4.69, 9.17) is 16.3 Å². The summed E-state index contributed by atoms with van der Waals surface area (Å²) in [5, 5.41) is 12.9. The Morgan fingerprint density at radius 2 is 1.85 bits per heavy atom. The zero-order valence-corrected chi connectivity index (χ0v) is 14.0. The van der Waals surface area contributed by atoms with Crippen LogP contribution in [0.4, 0.5) is 18.9 Å². The molecule has 1 aliphatic rings. The summed E-state index contributed by atoms with van der Waals surface area (Å²) in [7, 11) is 0. The largest absolute Gasteiger partial charge is 0.507 e. The number of ether oxygens (including phenoxy) is 1. The number of amides is 1. The highest BCUT2D eigenvalue weighted by Crippen LogP contribution is 2.36. The van der Waals surface area contributed by atoms with Gasteiger partial charge in [-0.3, -0.25) is 4.79 Å². The van der Waals surface area contributed by atoms with Crippen molar-refractivity contribution in [3.05, 3.63) is 64.2 Å². The molecule has 26 heavy (non-hydrogen) atoms.